The summed E-state index contributed by atoms with van der Waals surface area (Å²) in [5.74, 6) is -4.31. The number of hydrogen-bond acceptors (Lipinski definition) is 5. The van der Waals surface area contributed by atoms with Crippen LogP contribution in [0.25, 0.3) is 0 Å². The molecular formula is C23H28F2O6. The predicted molar refractivity (Wildman–Crippen MR) is 104 cm³/mol. The van der Waals surface area contributed by atoms with Gasteiger partial charge in [0.2, 0.25) is 0 Å². The number of hydrogen-bond donors (Lipinski definition) is 2. The van der Waals surface area contributed by atoms with E-state index in [4.69, 9.17) is 9.47 Å². The highest BCUT2D eigenvalue weighted by Gasteiger charge is 2.81. The average Bonchev–Trinajstić information content (AvgIpc) is 3.06. The van der Waals surface area contributed by atoms with Crippen molar-refractivity contribution in [2.45, 2.75) is 82.4 Å². The number of aliphatic hydroxyl groups excluding tert-OH is 1. The van der Waals surface area contributed by atoms with Crippen molar-refractivity contribution < 1.29 is 38.1 Å². The van der Waals surface area contributed by atoms with Crippen molar-refractivity contribution in [1.82, 2.24) is 0 Å². The summed E-state index contributed by atoms with van der Waals surface area (Å²) in [5, 5.41) is 21.5. The smallest absolute Gasteiger partial charge is 0.339 e. The molecule has 5 rings (SSSR count). The van der Waals surface area contributed by atoms with Crippen LogP contribution in [0.2, 0.25) is 0 Å². The number of allylic oxidation sites excluding steroid dienone is 4. The monoisotopic (exact) mass is 438 g/mol. The van der Waals surface area contributed by atoms with Crippen LogP contribution in [0.3, 0.4) is 0 Å². The van der Waals surface area contributed by atoms with Gasteiger partial charge >= 0.3 is 5.97 Å². The van der Waals surface area contributed by atoms with Crippen LogP contribution in [0, 0.1) is 22.7 Å². The number of carbonyl (C=O) groups is 2. The van der Waals surface area contributed by atoms with E-state index in [1.807, 2.05) is 0 Å². The zero-order chi connectivity index (χ0) is 22.8. The summed E-state index contributed by atoms with van der Waals surface area (Å²) in [6, 6.07) is 0. The Hall–Kier alpha value is -1.64. The molecule has 0 bridgehead atoms. The van der Waals surface area contributed by atoms with Crippen molar-refractivity contribution >= 4 is 11.8 Å². The maximum Gasteiger partial charge on any atom is 0.339 e. The van der Waals surface area contributed by atoms with Crippen molar-refractivity contribution in [1.29, 1.82) is 0 Å². The number of alkyl halides is 2. The van der Waals surface area contributed by atoms with Crippen LogP contribution < -0.4 is 0 Å². The van der Waals surface area contributed by atoms with E-state index in [0.29, 0.717) is 0 Å². The van der Waals surface area contributed by atoms with Gasteiger partial charge in [0.05, 0.1) is 6.10 Å². The van der Waals surface area contributed by atoms with Gasteiger partial charge in [0, 0.05) is 16.7 Å². The standard InChI is InChI=1S/C23H28F2O6/c1-19(2)30-17-9-12-13-8-15(24)14-7-11(26)5-6-20(14,3)22(13,25)16(27)10-21(12,4)23(17,31-19)18(28)29/h5-7,12-13,15-17,27H,8-10H2,1-4H3,(H,28,29)/t12?,13?,15-,16?,17?,20?,21?,22-,23?/m0/s1. The number of ether oxygens (including phenoxy) is 2. The maximum atomic E-state index is 17.0. The second-order valence-corrected chi connectivity index (χ2v) is 10.7. The first kappa shape index (κ1) is 21.2. The lowest BCUT2D eigenvalue weighted by atomic mass is 9.44. The van der Waals surface area contributed by atoms with Gasteiger partial charge in [0.1, 0.15) is 12.3 Å². The summed E-state index contributed by atoms with van der Waals surface area (Å²) in [5.41, 5.74) is -6.63. The molecule has 0 aromatic heterocycles. The lowest BCUT2D eigenvalue weighted by molar-refractivity contribution is -0.253. The fourth-order valence-electron chi connectivity index (χ4n) is 7.67. The van der Waals surface area contributed by atoms with Gasteiger partial charge in [0.25, 0.3) is 0 Å². The molecule has 6 nitrogen and oxygen atoms in total. The topological polar surface area (TPSA) is 93.1 Å². The van der Waals surface area contributed by atoms with Crippen LogP contribution in [0.5, 0.6) is 0 Å². The second kappa shape index (κ2) is 5.83. The molecule has 4 fully saturated rings. The molecule has 4 aliphatic carbocycles. The zero-order valence-corrected chi connectivity index (χ0v) is 18.0. The van der Waals surface area contributed by atoms with Crippen molar-refractivity contribution in [3.05, 3.63) is 23.8 Å². The number of aliphatic hydroxyl groups is 1. The third kappa shape index (κ3) is 2.21. The Morgan fingerprint density at radius 3 is 2.52 bits per heavy atom. The minimum absolute atomic E-state index is 0.0428. The molecule has 8 heteroatoms. The van der Waals surface area contributed by atoms with Gasteiger partial charge < -0.3 is 19.7 Å². The Morgan fingerprint density at radius 1 is 1.19 bits per heavy atom. The van der Waals surface area contributed by atoms with Crippen LogP contribution in [-0.4, -0.2) is 57.4 Å². The quantitative estimate of drug-likeness (QED) is 0.654. The van der Waals surface area contributed by atoms with Gasteiger partial charge in [-0.1, -0.05) is 13.0 Å². The predicted octanol–water partition coefficient (Wildman–Crippen LogP) is 2.89. The van der Waals surface area contributed by atoms with Crippen molar-refractivity contribution in [2.75, 3.05) is 0 Å². The van der Waals surface area contributed by atoms with Crippen molar-refractivity contribution in [3.8, 4) is 0 Å². The first-order chi connectivity index (χ1) is 14.2. The number of carbonyl (C=O) groups excluding carboxylic acids is 1. The fourth-order valence-corrected chi connectivity index (χ4v) is 7.67. The van der Waals surface area contributed by atoms with Crippen molar-refractivity contribution in [2.24, 2.45) is 22.7 Å². The zero-order valence-electron chi connectivity index (χ0n) is 18.0. The van der Waals surface area contributed by atoms with Crippen LogP contribution in [0.4, 0.5) is 8.78 Å². The van der Waals surface area contributed by atoms with Gasteiger partial charge in [-0.15, -0.1) is 0 Å². The lowest BCUT2D eigenvalue weighted by Gasteiger charge is -2.62. The number of carboxylic acid groups (broad SMARTS) is 1. The highest BCUT2D eigenvalue weighted by atomic mass is 19.1. The van der Waals surface area contributed by atoms with Crippen molar-refractivity contribution in [3.63, 3.8) is 0 Å². The number of aliphatic carboxylic acids is 1. The van der Waals surface area contributed by atoms with Gasteiger partial charge in [-0.25, -0.2) is 13.6 Å². The molecule has 31 heavy (non-hydrogen) atoms. The van der Waals surface area contributed by atoms with Gasteiger partial charge in [0.15, 0.2) is 22.8 Å². The molecule has 0 aromatic carbocycles. The van der Waals surface area contributed by atoms with Gasteiger partial charge in [-0.3, -0.25) is 4.79 Å². The molecule has 5 aliphatic rings. The highest BCUT2D eigenvalue weighted by molar-refractivity contribution is 6.01. The van der Waals surface area contributed by atoms with E-state index < -0.39 is 69.9 Å². The van der Waals surface area contributed by atoms with Gasteiger partial charge in [-0.2, -0.15) is 0 Å². The molecule has 0 amide bonds. The normalized spacial score (nSPS) is 54.5. The molecule has 1 heterocycles. The third-order valence-corrected chi connectivity index (χ3v) is 8.94. The number of halogens is 2. The average molecular weight is 438 g/mol. The Labute approximate surface area is 179 Å². The molecule has 0 aromatic rings. The van der Waals surface area contributed by atoms with E-state index >= 15 is 8.78 Å². The lowest BCUT2D eigenvalue weighted by Crippen LogP contribution is -2.70. The maximum absolute atomic E-state index is 17.0. The molecule has 9 atom stereocenters. The molecule has 1 saturated heterocycles. The fraction of sp³-hybridized carbons (Fsp3) is 0.739. The summed E-state index contributed by atoms with van der Waals surface area (Å²) >= 11 is 0. The minimum atomic E-state index is -2.25. The number of carboxylic acids is 1. The Morgan fingerprint density at radius 2 is 1.87 bits per heavy atom. The molecular weight excluding hydrogens is 410 g/mol. The highest BCUT2D eigenvalue weighted by Crippen LogP contribution is 2.72. The second-order valence-electron chi connectivity index (χ2n) is 10.7. The summed E-state index contributed by atoms with van der Waals surface area (Å²) in [6.45, 7) is 6.48. The minimum Gasteiger partial charge on any atom is -0.479 e. The Kier molecular flexibility index (Phi) is 3.99. The van der Waals surface area contributed by atoms with Crippen LogP contribution in [0.15, 0.2) is 23.8 Å². The number of fused-ring (bicyclic) bond motifs is 7. The SMILES string of the molecule is CC1(C)OC2CC3C4C[C@H](F)C5=CC(=O)C=CC5(C)[C@@]4(F)C(O)CC3(C)C2(C(=O)O)O1. The molecule has 3 saturated carbocycles. The van der Waals surface area contributed by atoms with E-state index in [2.05, 4.69) is 0 Å². The summed E-state index contributed by atoms with van der Waals surface area (Å²) in [6.07, 6.45) is -0.459. The van der Waals surface area contributed by atoms with Crippen LogP contribution in [0.1, 0.15) is 47.0 Å². The van der Waals surface area contributed by atoms with Crippen LogP contribution >= 0.6 is 0 Å². The molecule has 170 valence electrons. The molecule has 0 radical (unpaired) electrons. The van der Waals surface area contributed by atoms with E-state index in [1.54, 1.807) is 20.8 Å². The molecule has 2 N–H and O–H groups in total. The van der Waals surface area contributed by atoms with Gasteiger partial charge in [-0.05, 0) is 63.7 Å². The van der Waals surface area contributed by atoms with E-state index in [-0.39, 0.29) is 24.8 Å². The molecule has 7 unspecified atom stereocenters. The number of ketones is 1. The van der Waals surface area contributed by atoms with E-state index in [9.17, 15) is 19.8 Å². The van der Waals surface area contributed by atoms with E-state index in [1.165, 1.54) is 19.1 Å². The third-order valence-electron chi connectivity index (χ3n) is 8.94. The Balaban J connectivity index is 1.66. The summed E-state index contributed by atoms with van der Waals surface area (Å²) in [4.78, 5) is 24.5. The molecule has 1 aliphatic heterocycles. The van der Waals surface area contributed by atoms with Crippen LogP contribution in [-0.2, 0) is 19.1 Å². The first-order valence-electron chi connectivity index (χ1n) is 10.8. The summed E-state index contributed by atoms with van der Waals surface area (Å²) in [7, 11) is 0. The largest absolute Gasteiger partial charge is 0.479 e. The Bertz CT molecular complexity index is 944. The summed E-state index contributed by atoms with van der Waals surface area (Å²) < 4.78 is 44.4. The number of rotatable bonds is 1. The molecule has 0 spiro atoms. The van der Waals surface area contributed by atoms with E-state index in [0.717, 1.165) is 6.08 Å². The first-order valence-corrected chi connectivity index (χ1v) is 10.8.